The molecule has 1 aromatic carbocycles. The minimum absolute atomic E-state index is 0.366. The topological polar surface area (TPSA) is 46.2 Å². The van der Waals surface area contributed by atoms with E-state index in [0.29, 0.717) is 11.4 Å². The van der Waals surface area contributed by atoms with E-state index in [0.717, 1.165) is 18.2 Å². The second kappa shape index (κ2) is 5.58. The quantitative estimate of drug-likeness (QED) is 0.853. The van der Waals surface area contributed by atoms with Crippen LogP contribution in [0.5, 0.6) is 0 Å². The molecule has 18 heavy (non-hydrogen) atoms. The van der Waals surface area contributed by atoms with Gasteiger partial charge in [0.15, 0.2) is 0 Å². The summed E-state index contributed by atoms with van der Waals surface area (Å²) in [7, 11) is -3.93. The summed E-state index contributed by atoms with van der Waals surface area (Å²) in [6, 6.07) is 3.22. The van der Waals surface area contributed by atoms with Crippen molar-refractivity contribution in [2.75, 3.05) is 5.33 Å². The smallest absolute Gasteiger partial charge is 0.208 e. The second-order valence-corrected chi connectivity index (χ2v) is 6.06. The highest BCUT2D eigenvalue weighted by Crippen LogP contribution is 2.30. The molecule has 0 bridgehead atoms. The number of nitrogens with one attached hydrogen (secondary N) is 1. The van der Waals surface area contributed by atoms with Crippen LogP contribution in [-0.2, 0) is 16.2 Å². The van der Waals surface area contributed by atoms with E-state index >= 15 is 0 Å². The molecule has 1 N–H and O–H groups in total. The highest BCUT2D eigenvalue weighted by atomic mass is 79.9. The van der Waals surface area contributed by atoms with Gasteiger partial charge >= 0.3 is 6.18 Å². The Morgan fingerprint density at radius 2 is 2.00 bits per heavy atom. The number of halogens is 4. The monoisotopic (exact) mass is 345 g/mol. The van der Waals surface area contributed by atoms with Crippen molar-refractivity contribution in [3.05, 3.63) is 29.8 Å². The van der Waals surface area contributed by atoms with Crippen molar-refractivity contribution < 1.29 is 21.6 Å². The van der Waals surface area contributed by atoms with E-state index in [4.69, 9.17) is 0 Å². The molecule has 1 aromatic rings. The number of sulfonamides is 1. The number of alkyl halides is 4. The van der Waals surface area contributed by atoms with Crippen molar-refractivity contribution >= 4 is 26.0 Å². The van der Waals surface area contributed by atoms with Crippen LogP contribution < -0.4 is 4.72 Å². The van der Waals surface area contributed by atoms with E-state index in [2.05, 4.69) is 20.7 Å². The van der Waals surface area contributed by atoms with Crippen molar-refractivity contribution in [1.82, 2.24) is 4.72 Å². The number of rotatable bonds is 4. The first-order valence-corrected chi connectivity index (χ1v) is 7.53. The van der Waals surface area contributed by atoms with E-state index in [9.17, 15) is 21.6 Å². The summed E-state index contributed by atoms with van der Waals surface area (Å²) in [4.78, 5) is -0.398. The van der Waals surface area contributed by atoms with Crippen LogP contribution in [-0.4, -0.2) is 19.8 Å². The van der Waals surface area contributed by atoms with Crippen molar-refractivity contribution in [3.8, 4) is 0 Å². The van der Waals surface area contributed by atoms with Gasteiger partial charge in [0, 0.05) is 11.4 Å². The van der Waals surface area contributed by atoms with E-state index in [1.54, 1.807) is 6.92 Å². The highest BCUT2D eigenvalue weighted by Gasteiger charge is 2.31. The Labute approximate surface area is 112 Å². The minimum atomic E-state index is -4.56. The lowest BCUT2D eigenvalue weighted by Crippen LogP contribution is -2.33. The van der Waals surface area contributed by atoms with Crippen LogP contribution in [0.3, 0.4) is 0 Å². The molecule has 102 valence electrons. The molecule has 0 aromatic heterocycles. The zero-order chi connectivity index (χ0) is 14.0. The summed E-state index contributed by atoms with van der Waals surface area (Å²) in [5.41, 5.74) is -0.989. The number of benzene rings is 1. The Bertz CT molecular complexity index is 516. The molecule has 0 saturated heterocycles. The standard InChI is InChI=1S/C10H11BrF3NO2S/c1-7(6-11)15-18(16,17)9-4-2-3-8(5-9)10(12,13)14/h2-5,7,15H,6H2,1H3. The fourth-order valence-electron chi connectivity index (χ4n) is 1.20. The van der Waals surface area contributed by atoms with Gasteiger partial charge in [0.1, 0.15) is 0 Å². The Hall–Kier alpha value is -0.600. The van der Waals surface area contributed by atoms with E-state index in [1.807, 2.05) is 0 Å². The first-order valence-electron chi connectivity index (χ1n) is 4.92. The Morgan fingerprint density at radius 1 is 1.39 bits per heavy atom. The minimum Gasteiger partial charge on any atom is -0.208 e. The average Bonchev–Trinajstić information content (AvgIpc) is 2.27. The van der Waals surface area contributed by atoms with E-state index in [-0.39, 0.29) is 0 Å². The summed E-state index contributed by atoms with van der Waals surface area (Å²) in [5, 5.41) is 0.366. The van der Waals surface area contributed by atoms with Crippen LogP contribution >= 0.6 is 15.9 Å². The molecule has 0 fully saturated rings. The molecule has 0 heterocycles. The molecule has 1 atom stereocenters. The predicted molar refractivity (Wildman–Crippen MR) is 65.0 cm³/mol. The highest BCUT2D eigenvalue weighted by molar-refractivity contribution is 9.09. The lowest BCUT2D eigenvalue weighted by atomic mass is 10.2. The SMILES string of the molecule is CC(CBr)NS(=O)(=O)c1cccc(C(F)(F)F)c1. The Morgan fingerprint density at radius 3 is 2.50 bits per heavy atom. The van der Waals surface area contributed by atoms with Gasteiger partial charge in [-0.15, -0.1) is 0 Å². The van der Waals surface area contributed by atoms with Crippen molar-refractivity contribution in [2.45, 2.75) is 24.0 Å². The van der Waals surface area contributed by atoms with Crippen molar-refractivity contribution in [2.24, 2.45) is 0 Å². The van der Waals surface area contributed by atoms with Crippen LogP contribution in [0.25, 0.3) is 0 Å². The molecule has 1 unspecified atom stereocenters. The second-order valence-electron chi connectivity index (χ2n) is 3.70. The maximum Gasteiger partial charge on any atom is 0.416 e. The molecule has 1 rings (SSSR count). The molecule has 8 heteroatoms. The molecule has 0 amide bonds. The van der Waals surface area contributed by atoms with Gasteiger partial charge in [0.25, 0.3) is 0 Å². The Balaban J connectivity index is 3.11. The normalized spacial score (nSPS) is 14.5. The van der Waals surface area contributed by atoms with Gasteiger partial charge in [-0.05, 0) is 25.1 Å². The third kappa shape index (κ3) is 3.96. The summed E-state index contributed by atoms with van der Waals surface area (Å²) in [6.45, 7) is 1.60. The lowest BCUT2D eigenvalue weighted by molar-refractivity contribution is -0.137. The van der Waals surface area contributed by atoms with E-state index < -0.39 is 32.7 Å². The van der Waals surface area contributed by atoms with Crippen LogP contribution in [0, 0.1) is 0 Å². The lowest BCUT2D eigenvalue weighted by Gasteiger charge is -2.13. The van der Waals surface area contributed by atoms with Gasteiger partial charge in [0.2, 0.25) is 10.0 Å². The van der Waals surface area contributed by atoms with Crippen LogP contribution in [0.4, 0.5) is 13.2 Å². The molecule has 0 aliphatic heterocycles. The van der Waals surface area contributed by atoms with Crippen LogP contribution in [0.2, 0.25) is 0 Å². The van der Waals surface area contributed by atoms with Gasteiger partial charge in [-0.1, -0.05) is 22.0 Å². The summed E-state index contributed by atoms with van der Waals surface area (Å²) < 4.78 is 63.2. The summed E-state index contributed by atoms with van der Waals surface area (Å²) in [5.74, 6) is 0. The molecule has 0 saturated carbocycles. The van der Waals surface area contributed by atoms with Crippen LogP contribution in [0.15, 0.2) is 29.2 Å². The Kier molecular flexibility index (Phi) is 4.79. The van der Waals surface area contributed by atoms with Gasteiger partial charge in [-0.2, -0.15) is 13.2 Å². The third-order valence-electron chi connectivity index (χ3n) is 2.06. The van der Waals surface area contributed by atoms with Crippen molar-refractivity contribution in [1.29, 1.82) is 0 Å². The molecule has 0 aliphatic rings. The maximum atomic E-state index is 12.5. The molecule has 0 spiro atoms. The average molecular weight is 346 g/mol. The predicted octanol–water partition coefficient (Wildman–Crippen LogP) is 2.77. The van der Waals surface area contributed by atoms with Crippen molar-refractivity contribution in [3.63, 3.8) is 0 Å². The molecule has 3 nitrogen and oxygen atoms in total. The maximum absolute atomic E-state index is 12.5. The number of hydrogen-bond acceptors (Lipinski definition) is 2. The van der Waals surface area contributed by atoms with Gasteiger partial charge in [0.05, 0.1) is 10.5 Å². The molecule has 0 radical (unpaired) electrons. The largest absolute Gasteiger partial charge is 0.416 e. The third-order valence-corrected chi connectivity index (χ3v) is 4.62. The summed E-state index contributed by atoms with van der Waals surface area (Å²) in [6.07, 6.45) is -4.56. The first-order chi connectivity index (χ1) is 8.16. The molecule has 0 aliphatic carbocycles. The summed E-state index contributed by atoms with van der Waals surface area (Å²) >= 11 is 3.08. The first kappa shape index (κ1) is 15.5. The van der Waals surface area contributed by atoms with E-state index in [1.165, 1.54) is 0 Å². The molecular formula is C10H11BrF3NO2S. The zero-order valence-corrected chi connectivity index (χ0v) is 11.7. The van der Waals surface area contributed by atoms with Gasteiger partial charge < -0.3 is 0 Å². The number of hydrogen-bond donors (Lipinski definition) is 1. The fourth-order valence-corrected chi connectivity index (χ4v) is 2.87. The molecular weight excluding hydrogens is 335 g/mol. The van der Waals surface area contributed by atoms with Gasteiger partial charge in [-0.3, -0.25) is 0 Å². The zero-order valence-electron chi connectivity index (χ0n) is 9.33. The van der Waals surface area contributed by atoms with Crippen LogP contribution in [0.1, 0.15) is 12.5 Å². The fraction of sp³-hybridized carbons (Fsp3) is 0.400. The van der Waals surface area contributed by atoms with Gasteiger partial charge in [-0.25, -0.2) is 13.1 Å².